The summed E-state index contributed by atoms with van der Waals surface area (Å²) in [7, 11) is 0. The van der Waals surface area contributed by atoms with Crippen molar-refractivity contribution in [1.82, 2.24) is 0 Å². The number of nitro benzene ring substituents is 1. The Balaban J connectivity index is 2.10. The van der Waals surface area contributed by atoms with Crippen LogP contribution < -0.4 is 5.32 Å². The molecule has 0 aromatic heterocycles. The van der Waals surface area contributed by atoms with E-state index in [0.717, 1.165) is 11.3 Å². The molecule has 0 bridgehead atoms. The molecule has 0 radical (unpaired) electrons. The molecule has 2 aromatic carbocycles. The number of hydrogen-bond acceptors (Lipinski definition) is 3. The molecule has 0 fully saturated rings. The first kappa shape index (κ1) is 13.5. The Labute approximate surface area is 117 Å². The van der Waals surface area contributed by atoms with E-state index in [1.54, 1.807) is 18.2 Å². The van der Waals surface area contributed by atoms with Crippen molar-refractivity contribution >= 4 is 27.3 Å². The highest BCUT2D eigenvalue weighted by Crippen LogP contribution is 2.24. The van der Waals surface area contributed by atoms with Gasteiger partial charge in [0.2, 0.25) is 0 Å². The molecule has 0 aliphatic rings. The molecule has 0 unspecified atom stereocenters. The number of halogens is 2. The van der Waals surface area contributed by atoms with Gasteiger partial charge in [-0.3, -0.25) is 10.1 Å². The first-order valence-electron chi connectivity index (χ1n) is 5.48. The number of non-ortho nitro benzene ring substituents is 1. The van der Waals surface area contributed by atoms with E-state index in [-0.39, 0.29) is 11.5 Å². The second kappa shape index (κ2) is 5.79. The van der Waals surface area contributed by atoms with Crippen LogP contribution in [0.4, 0.5) is 15.8 Å². The minimum atomic E-state index is -0.433. The summed E-state index contributed by atoms with van der Waals surface area (Å²) in [6.45, 7) is 0.423. The molecule has 0 amide bonds. The number of benzene rings is 2. The maximum atomic E-state index is 12.9. The molecule has 0 aliphatic carbocycles. The molecule has 0 heterocycles. The molecule has 2 aromatic rings. The van der Waals surface area contributed by atoms with Gasteiger partial charge in [0, 0.05) is 28.8 Å². The monoisotopic (exact) mass is 324 g/mol. The van der Waals surface area contributed by atoms with Gasteiger partial charge in [-0.2, -0.15) is 0 Å². The Kier molecular flexibility index (Phi) is 4.11. The summed E-state index contributed by atoms with van der Waals surface area (Å²) >= 11 is 3.25. The molecular weight excluding hydrogens is 315 g/mol. The van der Waals surface area contributed by atoms with Crippen LogP contribution in [-0.2, 0) is 6.54 Å². The van der Waals surface area contributed by atoms with Gasteiger partial charge in [0.05, 0.1) is 4.92 Å². The Morgan fingerprint density at radius 1 is 1.26 bits per heavy atom. The first-order valence-corrected chi connectivity index (χ1v) is 6.28. The van der Waals surface area contributed by atoms with E-state index in [0.29, 0.717) is 11.0 Å². The molecule has 4 nitrogen and oxygen atoms in total. The standard InChI is InChI=1S/C13H10BrFN2O2/c14-12-7-10(15)4-5-13(12)16-8-9-2-1-3-11(6-9)17(18)19/h1-7,16H,8H2. The molecule has 0 aliphatic heterocycles. The van der Waals surface area contributed by atoms with Gasteiger partial charge in [0.15, 0.2) is 0 Å². The zero-order valence-corrected chi connectivity index (χ0v) is 11.4. The van der Waals surface area contributed by atoms with E-state index in [1.165, 1.54) is 24.3 Å². The third kappa shape index (κ3) is 3.51. The maximum Gasteiger partial charge on any atom is 0.269 e. The average molecular weight is 325 g/mol. The summed E-state index contributed by atoms with van der Waals surface area (Å²) in [5.41, 5.74) is 1.57. The summed E-state index contributed by atoms with van der Waals surface area (Å²) in [6, 6.07) is 10.7. The quantitative estimate of drug-likeness (QED) is 0.680. The van der Waals surface area contributed by atoms with E-state index in [4.69, 9.17) is 0 Å². The zero-order chi connectivity index (χ0) is 13.8. The van der Waals surface area contributed by atoms with Crippen LogP contribution in [0, 0.1) is 15.9 Å². The van der Waals surface area contributed by atoms with Crippen molar-refractivity contribution in [3.63, 3.8) is 0 Å². The van der Waals surface area contributed by atoms with E-state index >= 15 is 0 Å². The third-order valence-electron chi connectivity index (χ3n) is 2.54. The lowest BCUT2D eigenvalue weighted by atomic mass is 10.2. The van der Waals surface area contributed by atoms with Gasteiger partial charge in [-0.15, -0.1) is 0 Å². The molecular formula is C13H10BrFN2O2. The van der Waals surface area contributed by atoms with Gasteiger partial charge in [-0.25, -0.2) is 4.39 Å². The largest absolute Gasteiger partial charge is 0.380 e. The predicted molar refractivity (Wildman–Crippen MR) is 74.5 cm³/mol. The molecule has 6 heteroatoms. The number of nitrogens with one attached hydrogen (secondary N) is 1. The van der Waals surface area contributed by atoms with Crippen LogP contribution in [0.1, 0.15) is 5.56 Å². The topological polar surface area (TPSA) is 55.2 Å². The van der Waals surface area contributed by atoms with Crippen LogP contribution in [0.3, 0.4) is 0 Å². The number of hydrogen-bond donors (Lipinski definition) is 1. The summed E-state index contributed by atoms with van der Waals surface area (Å²) in [4.78, 5) is 10.2. The van der Waals surface area contributed by atoms with E-state index < -0.39 is 4.92 Å². The van der Waals surface area contributed by atoms with Crippen LogP contribution >= 0.6 is 15.9 Å². The zero-order valence-electron chi connectivity index (χ0n) is 9.77. The Morgan fingerprint density at radius 2 is 2.05 bits per heavy atom. The van der Waals surface area contributed by atoms with Gasteiger partial charge in [-0.1, -0.05) is 12.1 Å². The van der Waals surface area contributed by atoms with Gasteiger partial charge in [0.1, 0.15) is 5.82 Å². The van der Waals surface area contributed by atoms with Crippen LogP contribution in [0.5, 0.6) is 0 Å². The third-order valence-corrected chi connectivity index (χ3v) is 3.19. The highest BCUT2D eigenvalue weighted by Gasteiger charge is 2.06. The summed E-state index contributed by atoms with van der Waals surface area (Å²) in [5, 5.41) is 13.7. The van der Waals surface area contributed by atoms with Crippen LogP contribution in [0.25, 0.3) is 0 Å². The second-order valence-corrected chi connectivity index (χ2v) is 4.76. The lowest BCUT2D eigenvalue weighted by Gasteiger charge is -2.08. The van der Waals surface area contributed by atoms with Crippen molar-refractivity contribution in [1.29, 1.82) is 0 Å². The summed E-state index contributed by atoms with van der Waals surface area (Å²) < 4.78 is 13.5. The number of nitro groups is 1. The molecule has 98 valence electrons. The van der Waals surface area contributed by atoms with Crippen molar-refractivity contribution in [2.24, 2.45) is 0 Å². The minimum absolute atomic E-state index is 0.0532. The van der Waals surface area contributed by atoms with E-state index in [2.05, 4.69) is 21.2 Å². The number of rotatable bonds is 4. The highest BCUT2D eigenvalue weighted by molar-refractivity contribution is 9.10. The molecule has 0 saturated carbocycles. The molecule has 1 N–H and O–H groups in total. The van der Waals surface area contributed by atoms with Gasteiger partial charge >= 0.3 is 0 Å². The smallest absolute Gasteiger partial charge is 0.269 e. The minimum Gasteiger partial charge on any atom is -0.380 e. The molecule has 19 heavy (non-hydrogen) atoms. The first-order chi connectivity index (χ1) is 9.06. The van der Waals surface area contributed by atoms with Crippen molar-refractivity contribution in [2.75, 3.05) is 5.32 Å². The number of anilines is 1. The Bertz CT molecular complexity index is 619. The Hall–Kier alpha value is -1.95. The SMILES string of the molecule is O=[N+]([O-])c1cccc(CNc2ccc(F)cc2Br)c1. The fraction of sp³-hybridized carbons (Fsp3) is 0.0769. The van der Waals surface area contributed by atoms with Gasteiger partial charge in [0.25, 0.3) is 5.69 Å². The molecule has 0 atom stereocenters. The van der Waals surface area contributed by atoms with Crippen LogP contribution in [0.2, 0.25) is 0 Å². The second-order valence-electron chi connectivity index (χ2n) is 3.90. The van der Waals surface area contributed by atoms with E-state index in [1.807, 2.05) is 0 Å². The van der Waals surface area contributed by atoms with Crippen molar-refractivity contribution in [3.05, 3.63) is 68.4 Å². The maximum absolute atomic E-state index is 12.9. The highest BCUT2D eigenvalue weighted by atomic mass is 79.9. The molecule has 0 spiro atoms. The Morgan fingerprint density at radius 3 is 2.74 bits per heavy atom. The van der Waals surface area contributed by atoms with Crippen molar-refractivity contribution in [3.8, 4) is 0 Å². The number of nitrogens with zero attached hydrogens (tertiary/aromatic N) is 1. The fourth-order valence-electron chi connectivity index (χ4n) is 1.61. The van der Waals surface area contributed by atoms with Crippen molar-refractivity contribution < 1.29 is 9.31 Å². The van der Waals surface area contributed by atoms with E-state index in [9.17, 15) is 14.5 Å². The van der Waals surface area contributed by atoms with Crippen LogP contribution in [-0.4, -0.2) is 4.92 Å². The van der Waals surface area contributed by atoms with Gasteiger partial charge in [-0.05, 0) is 39.7 Å². The lowest BCUT2D eigenvalue weighted by molar-refractivity contribution is -0.384. The van der Waals surface area contributed by atoms with Crippen molar-refractivity contribution in [2.45, 2.75) is 6.54 Å². The normalized spacial score (nSPS) is 10.2. The molecule has 0 saturated heterocycles. The summed E-state index contributed by atoms with van der Waals surface area (Å²) in [5.74, 6) is -0.326. The fourth-order valence-corrected chi connectivity index (χ4v) is 2.10. The van der Waals surface area contributed by atoms with Gasteiger partial charge < -0.3 is 5.32 Å². The van der Waals surface area contributed by atoms with Crippen LogP contribution in [0.15, 0.2) is 46.9 Å². The molecule has 2 rings (SSSR count). The average Bonchev–Trinajstić information content (AvgIpc) is 2.38. The lowest BCUT2D eigenvalue weighted by Crippen LogP contribution is -2.01. The predicted octanol–water partition coefficient (Wildman–Crippen LogP) is 4.11. The summed E-state index contributed by atoms with van der Waals surface area (Å²) in [6.07, 6.45) is 0.